The third-order valence-electron chi connectivity index (χ3n) is 13.5. The number of rotatable bonds is 16. The van der Waals surface area contributed by atoms with Crippen molar-refractivity contribution in [2.24, 2.45) is 16.7 Å². The summed E-state index contributed by atoms with van der Waals surface area (Å²) >= 11 is 6.48. The van der Waals surface area contributed by atoms with E-state index in [0.717, 1.165) is 64.5 Å². The van der Waals surface area contributed by atoms with E-state index in [1.807, 2.05) is 55.4 Å². The Kier molecular flexibility index (Phi) is 23.0. The van der Waals surface area contributed by atoms with Crippen LogP contribution < -0.4 is 50.0 Å². The van der Waals surface area contributed by atoms with Gasteiger partial charge >= 0.3 is 47.7 Å². The van der Waals surface area contributed by atoms with Crippen LogP contribution in [0.15, 0.2) is 22.4 Å². The van der Waals surface area contributed by atoms with E-state index in [-0.39, 0.29) is 83.9 Å². The number of hydrogen-bond acceptors (Lipinski definition) is 18. The number of nitrogens with one attached hydrogen (secondary N) is 2. The van der Waals surface area contributed by atoms with Crippen molar-refractivity contribution in [1.82, 2.24) is 30.6 Å². The molecule has 0 bridgehead atoms. The maximum atomic E-state index is 12.5. The standard InChI is InChI=1S/C30H50N4O6S.C19H30N4O4S.Na/c1-7-9-10-22(8-2)19-38-25(36)11-16-41-24-17-31-27(23(18-35)32-24)34-14-12-30(13-15-34)20-39-21(3)26(30)33-28(37)40-29(4,5)6;1-12-15(22-17(25)27-18(2,3)4)19(11-26-12)5-7-23(8-6-19)16-13(10-24)21-14(28)9-20-16;/h17,21-22,26,35H,7-16,18-20H2,1-6H3,(H,33,37);9,12,15,24H,5-8,10-11H2,1-4H3,(H,21,28)(H,22,25);/q;;+1/p-1/t21-,22?,26+;12-,15+;/m00./s1. The number of aliphatic hydroxyl groups excluding tert-OH is 2. The fourth-order valence-electron chi connectivity index (χ4n) is 9.65. The SMILES string of the molecule is CCCCC(CC)COC(=O)CCSc1cnc(N2CCC3(CC2)CO[C@@H](C)[C@H]3NC(=O)OC(C)(C)C)c(CO)n1.C[C@@H]1OCC2(CCN(c3ncc([S-])nc3CO)CC2)[C@@H]1NC(=O)OC(C)(C)C.[Na+]. The van der Waals surface area contributed by atoms with Crippen LogP contribution in [0.1, 0.15) is 138 Å². The van der Waals surface area contributed by atoms with Crippen LogP contribution in [-0.2, 0) is 54.3 Å². The number of carbonyl (C=O) groups excluding carboxylic acids is 3. The number of aromatic nitrogens is 4. The summed E-state index contributed by atoms with van der Waals surface area (Å²) in [5.74, 6) is 2.13. The second-order valence-electron chi connectivity index (χ2n) is 21.0. The maximum absolute atomic E-state index is 12.5. The van der Waals surface area contributed by atoms with Gasteiger partial charge in [-0.3, -0.25) is 9.78 Å². The molecule has 388 valence electrons. The number of alkyl carbamates (subject to hydrolysis) is 2. The van der Waals surface area contributed by atoms with Crippen molar-refractivity contribution in [3.63, 3.8) is 0 Å². The average Bonchev–Trinajstić information content (AvgIpc) is 3.75. The third-order valence-corrected chi connectivity index (χ3v) is 14.6. The molecule has 0 radical (unpaired) electrons. The van der Waals surface area contributed by atoms with Gasteiger partial charge in [0.15, 0.2) is 11.6 Å². The molecule has 6 rings (SSSR count). The van der Waals surface area contributed by atoms with Gasteiger partial charge in [-0.25, -0.2) is 24.5 Å². The van der Waals surface area contributed by atoms with Crippen LogP contribution in [0.3, 0.4) is 0 Å². The Morgan fingerprint density at radius 2 is 1.29 bits per heavy atom. The van der Waals surface area contributed by atoms with Gasteiger partial charge in [-0.15, -0.1) is 11.8 Å². The molecule has 0 aromatic carbocycles. The Morgan fingerprint density at radius 3 is 1.73 bits per heavy atom. The number of thioether (sulfide) groups is 1. The van der Waals surface area contributed by atoms with Gasteiger partial charge in [0.05, 0.1) is 69.9 Å². The molecule has 4 aliphatic heterocycles. The van der Waals surface area contributed by atoms with Crippen molar-refractivity contribution in [2.45, 2.75) is 186 Å². The fraction of sp³-hybridized carbons (Fsp3) is 0.776. The molecule has 4 aliphatic rings. The topological polar surface area (TPSA) is 220 Å². The predicted molar refractivity (Wildman–Crippen MR) is 266 cm³/mol. The zero-order valence-electron chi connectivity index (χ0n) is 43.6. The minimum absolute atomic E-state index is 0. The van der Waals surface area contributed by atoms with Crippen LogP contribution >= 0.6 is 11.8 Å². The monoisotopic (exact) mass is 1030 g/mol. The van der Waals surface area contributed by atoms with E-state index < -0.39 is 23.4 Å². The Morgan fingerprint density at radius 1 is 0.814 bits per heavy atom. The molecule has 2 aromatic heterocycles. The molecule has 5 atom stereocenters. The maximum Gasteiger partial charge on any atom is 1.00 e. The van der Waals surface area contributed by atoms with Crippen molar-refractivity contribution in [1.29, 1.82) is 0 Å². The quantitative estimate of drug-likeness (QED) is 0.0616. The Hall–Kier alpha value is -2.82. The minimum Gasteiger partial charge on any atom is -0.759 e. The molecule has 0 saturated carbocycles. The fourth-order valence-corrected chi connectivity index (χ4v) is 10.6. The van der Waals surface area contributed by atoms with Crippen molar-refractivity contribution in [2.75, 3.05) is 61.6 Å². The van der Waals surface area contributed by atoms with E-state index in [1.54, 1.807) is 12.4 Å². The number of piperidine rings is 2. The molecule has 2 spiro atoms. The van der Waals surface area contributed by atoms with Crippen molar-refractivity contribution in [3.8, 4) is 0 Å². The van der Waals surface area contributed by atoms with Crippen molar-refractivity contribution in [3.05, 3.63) is 23.8 Å². The molecular weight excluding hydrogens is 948 g/mol. The first-order valence-electron chi connectivity index (χ1n) is 24.7. The predicted octanol–water partition coefficient (Wildman–Crippen LogP) is 3.89. The molecular formula is C49H79N8NaO10S2. The molecule has 4 fully saturated rings. The summed E-state index contributed by atoms with van der Waals surface area (Å²) in [7, 11) is 0. The van der Waals surface area contributed by atoms with Gasteiger partial charge in [-0.2, -0.15) is 0 Å². The van der Waals surface area contributed by atoms with E-state index in [9.17, 15) is 24.6 Å². The van der Waals surface area contributed by atoms with E-state index in [2.05, 4.69) is 54.2 Å². The molecule has 70 heavy (non-hydrogen) atoms. The zero-order chi connectivity index (χ0) is 50.6. The molecule has 18 nitrogen and oxygen atoms in total. The zero-order valence-corrected chi connectivity index (χ0v) is 47.3. The van der Waals surface area contributed by atoms with Gasteiger partial charge in [0.25, 0.3) is 0 Å². The number of hydrogen-bond donors (Lipinski definition) is 4. The van der Waals surface area contributed by atoms with Crippen LogP contribution in [0.5, 0.6) is 0 Å². The molecule has 6 heterocycles. The molecule has 2 aromatic rings. The van der Waals surface area contributed by atoms with Gasteiger partial charge in [-0.05, 0) is 93.4 Å². The van der Waals surface area contributed by atoms with Crippen molar-refractivity contribution < 1.29 is 77.8 Å². The molecule has 2 amide bonds. The van der Waals surface area contributed by atoms with Gasteiger partial charge < -0.3 is 67.0 Å². The molecule has 1 unspecified atom stereocenters. The summed E-state index contributed by atoms with van der Waals surface area (Å²) in [6.45, 7) is 23.5. The first kappa shape index (κ1) is 59.7. The summed E-state index contributed by atoms with van der Waals surface area (Å²) in [6, 6.07) is -0.250. The van der Waals surface area contributed by atoms with E-state index in [4.69, 9.17) is 36.3 Å². The van der Waals surface area contributed by atoms with Crippen molar-refractivity contribution >= 4 is 54.2 Å². The molecule has 0 aliphatic carbocycles. The van der Waals surface area contributed by atoms with E-state index in [0.29, 0.717) is 84.1 Å². The summed E-state index contributed by atoms with van der Waals surface area (Å²) in [4.78, 5) is 59.2. The molecule has 21 heteroatoms. The van der Waals surface area contributed by atoms with Gasteiger partial charge in [0, 0.05) is 49.0 Å². The number of nitrogens with zero attached hydrogens (tertiary/aromatic N) is 6. The number of unbranched alkanes of at least 4 members (excludes halogenated alkanes) is 1. The largest absolute Gasteiger partial charge is 1.00 e. The summed E-state index contributed by atoms with van der Waals surface area (Å²) < 4.78 is 28.4. The number of esters is 1. The van der Waals surface area contributed by atoms with E-state index >= 15 is 0 Å². The first-order valence-corrected chi connectivity index (χ1v) is 26.1. The van der Waals surface area contributed by atoms with Gasteiger partial charge in [0.1, 0.15) is 27.6 Å². The number of aliphatic hydroxyl groups is 2. The van der Waals surface area contributed by atoms with Crippen LogP contribution in [-0.4, -0.2) is 136 Å². The minimum atomic E-state index is -0.567. The average molecular weight is 1030 g/mol. The number of amides is 2. The Bertz CT molecular complexity index is 2000. The smallest absolute Gasteiger partial charge is 0.759 e. The number of carbonyl (C=O) groups is 3. The van der Waals surface area contributed by atoms with E-state index in [1.165, 1.54) is 11.8 Å². The van der Waals surface area contributed by atoms with Crippen LogP contribution in [0.4, 0.5) is 21.2 Å². The normalized spacial score (nSPS) is 22.1. The Labute approximate surface area is 447 Å². The summed E-state index contributed by atoms with van der Waals surface area (Å²) in [6.07, 6.45) is 10.2. The van der Waals surface area contributed by atoms with Crippen LogP contribution in [0.25, 0.3) is 0 Å². The van der Waals surface area contributed by atoms with Crippen LogP contribution in [0, 0.1) is 16.7 Å². The molecule has 4 N–H and O–H groups in total. The van der Waals surface area contributed by atoms with Gasteiger partial charge in [0.2, 0.25) is 0 Å². The second-order valence-corrected chi connectivity index (χ2v) is 22.5. The first-order chi connectivity index (χ1) is 32.6. The van der Waals surface area contributed by atoms with Crippen LogP contribution in [0.2, 0.25) is 0 Å². The number of anilines is 2. The third kappa shape index (κ3) is 16.9. The summed E-state index contributed by atoms with van der Waals surface area (Å²) in [5.41, 5.74) is -0.408. The number of ether oxygens (including phenoxy) is 5. The molecule has 4 saturated heterocycles. The Balaban J connectivity index is 0.000000321. The second kappa shape index (κ2) is 26.9. The summed E-state index contributed by atoms with van der Waals surface area (Å²) in [5, 5.41) is 26.8. The van der Waals surface area contributed by atoms with Gasteiger partial charge in [-0.1, -0.05) is 38.1 Å².